The van der Waals surface area contributed by atoms with Crippen LogP contribution in [0.1, 0.15) is 37.7 Å². The van der Waals surface area contributed by atoms with Crippen molar-refractivity contribution in [3.63, 3.8) is 0 Å². The number of piperidine rings is 1. The highest BCUT2D eigenvalue weighted by Crippen LogP contribution is 2.25. The van der Waals surface area contributed by atoms with E-state index in [0.29, 0.717) is 6.10 Å². The van der Waals surface area contributed by atoms with Crippen LogP contribution in [0.2, 0.25) is 0 Å². The Hall–Kier alpha value is -1.58. The summed E-state index contributed by atoms with van der Waals surface area (Å²) < 4.78 is 11.5. The molecule has 2 saturated heterocycles. The first-order valence-corrected chi connectivity index (χ1v) is 9.36. The SMILES string of the molecule is c1cc2cc(OC3CCOCC3)ccc2cc1CN1CCCCC1. The molecule has 0 atom stereocenters. The van der Waals surface area contributed by atoms with Gasteiger partial charge in [-0.1, -0.05) is 24.6 Å². The highest BCUT2D eigenvalue weighted by Gasteiger charge is 2.15. The van der Waals surface area contributed by atoms with E-state index in [2.05, 4.69) is 41.3 Å². The van der Waals surface area contributed by atoms with Crippen LogP contribution in [0.4, 0.5) is 0 Å². The van der Waals surface area contributed by atoms with E-state index < -0.39 is 0 Å². The monoisotopic (exact) mass is 325 g/mol. The Kier molecular flexibility index (Phi) is 5.00. The molecule has 2 fully saturated rings. The minimum absolute atomic E-state index is 0.301. The van der Waals surface area contributed by atoms with Crippen LogP contribution >= 0.6 is 0 Å². The van der Waals surface area contributed by atoms with Gasteiger partial charge >= 0.3 is 0 Å². The topological polar surface area (TPSA) is 21.7 Å². The van der Waals surface area contributed by atoms with Crippen molar-refractivity contribution in [1.29, 1.82) is 0 Å². The van der Waals surface area contributed by atoms with Gasteiger partial charge in [-0.05, 0) is 60.5 Å². The number of fused-ring (bicyclic) bond motifs is 1. The van der Waals surface area contributed by atoms with E-state index in [1.54, 1.807) is 0 Å². The molecule has 2 heterocycles. The molecule has 0 aliphatic carbocycles. The van der Waals surface area contributed by atoms with Gasteiger partial charge in [-0.15, -0.1) is 0 Å². The van der Waals surface area contributed by atoms with Gasteiger partial charge in [0.1, 0.15) is 11.9 Å². The number of rotatable bonds is 4. The molecule has 3 heteroatoms. The van der Waals surface area contributed by atoms with E-state index in [9.17, 15) is 0 Å². The quantitative estimate of drug-likeness (QED) is 0.832. The molecule has 3 nitrogen and oxygen atoms in total. The maximum Gasteiger partial charge on any atom is 0.120 e. The average molecular weight is 325 g/mol. The molecule has 0 N–H and O–H groups in total. The van der Waals surface area contributed by atoms with Crippen molar-refractivity contribution in [1.82, 2.24) is 4.90 Å². The third-order valence-corrected chi connectivity index (χ3v) is 5.20. The number of nitrogens with zero attached hydrogens (tertiary/aromatic N) is 1. The van der Waals surface area contributed by atoms with Gasteiger partial charge in [-0.3, -0.25) is 4.90 Å². The molecule has 128 valence electrons. The third-order valence-electron chi connectivity index (χ3n) is 5.20. The van der Waals surface area contributed by atoms with Crippen molar-refractivity contribution in [2.45, 2.75) is 44.8 Å². The largest absolute Gasteiger partial charge is 0.490 e. The van der Waals surface area contributed by atoms with Gasteiger partial charge < -0.3 is 9.47 Å². The predicted molar refractivity (Wildman–Crippen MR) is 97.5 cm³/mol. The Labute approximate surface area is 144 Å². The fourth-order valence-electron chi connectivity index (χ4n) is 3.81. The summed E-state index contributed by atoms with van der Waals surface area (Å²) in [5.41, 5.74) is 1.42. The number of likely N-dealkylation sites (tertiary alicyclic amines) is 1. The zero-order valence-electron chi connectivity index (χ0n) is 14.4. The van der Waals surface area contributed by atoms with Crippen LogP contribution in [-0.2, 0) is 11.3 Å². The van der Waals surface area contributed by atoms with E-state index in [4.69, 9.17) is 9.47 Å². The summed E-state index contributed by atoms with van der Waals surface area (Å²) >= 11 is 0. The number of ether oxygens (including phenoxy) is 2. The van der Waals surface area contributed by atoms with E-state index in [1.807, 2.05) is 0 Å². The molecule has 0 saturated carbocycles. The summed E-state index contributed by atoms with van der Waals surface area (Å²) in [6.07, 6.45) is 6.37. The molecular weight excluding hydrogens is 298 g/mol. The molecule has 0 radical (unpaired) electrons. The van der Waals surface area contributed by atoms with Crippen LogP contribution in [0.25, 0.3) is 10.8 Å². The smallest absolute Gasteiger partial charge is 0.120 e. The summed E-state index contributed by atoms with van der Waals surface area (Å²) in [4.78, 5) is 2.58. The van der Waals surface area contributed by atoms with Crippen molar-refractivity contribution in [2.75, 3.05) is 26.3 Å². The summed E-state index contributed by atoms with van der Waals surface area (Å²) in [7, 11) is 0. The Morgan fingerprint density at radius 2 is 1.67 bits per heavy atom. The Morgan fingerprint density at radius 1 is 0.917 bits per heavy atom. The Bertz CT molecular complexity index is 613. The van der Waals surface area contributed by atoms with Crippen LogP contribution < -0.4 is 4.74 Å². The maximum absolute atomic E-state index is 6.13. The van der Waals surface area contributed by atoms with Gasteiger partial charge in [0.15, 0.2) is 0 Å². The summed E-state index contributed by atoms with van der Waals surface area (Å²) in [5, 5.41) is 2.57. The molecule has 0 amide bonds. The first-order chi connectivity index (χ1) is 11.9. The highest BCUT2D eigenvalue weighted by molar-refractivity contribution is 5.84. The molecule has 0 aromatic heterocycles. The van der Waals surface area contributed by atoms with Crippen LogP contribution in [0.15, 0.2) is 36.4 Å². The first-order valence-electron chi connectivity index (χ1n) is 9.36. The number of hydrogen-bond acceptors (Lipinski definition) is 3. The van der Waals surface area contributed by atoms with Gasteiger partial charge in [0.25, 0.3) is 0 Å². The summed E-state index contributed by atoms with van der Waals surface area (Å²) in [6, 6.07) is 13.3. The van der Waals surface area contributed by atoms with Crippen molar-refractivity contribution in [3.05, 3.63) is 42.0 Å². The number of benzene rings is 2. The van der Waals surface area contributed by atoms with Crippen LogP contribution in [0, 0.1) is 0 Å². The van der Waals surface area contributed by atoms with Gasteiger partial charge in [-0.25, -0.2) is 0 Å². The van der Waals surface area contributed by atoms with Crippen LogP contribution in [0.5, 0.6) is 5.75 Å². The zero-order chi connectivity index (χ0) is 16.2. The first kappa shape index (κ1) is 15.9. The molecule has 24 heavy (non-hydrogen) atoms. The fourth-order valence-corrected chi connectivity index (χ4v) is 3.81. The van der Waals surface area contributed by atoms with E-state index in [0.717, 1.165) is 38.3 Å². The standard InChI is InChI=1S/C21H27NO2/c1-2-10-22(11-3-1)16-17-4-5-19-15-21(7-6-18(19)14-17)24-20-8-12-23-13-9-20/h4-7,14-15,20H,1-3,8-13,16H2. The van der Waals surface area contributed by atoms with Gasteiger partial charge in [-0.2, -0.15) is 0 Å². The van der Waals surface area contributed by atoms with Gasteiger partial charge in [0.05, 0.1) is 13.2 Å². The van der Waals surface area contributed by atoms with Crippen molar-refractivity contribution in [3.8, 4) is 5.75 Å². The summed E-state index contributed by atoms with van der Waals surface area (Å²) in [5.74, 6) is 0.984. The predicted octanol–water partition coefficient (Wildman–Crippen LogP) is 4.38. The number of hydrogen-bond donors (Lipinski definition) is 0. The minimum Gasteiger partial charge on any atom is -0.490 e. The molecule has 2 aliphatic heterocycles. The van der Waals surface area contributed by atoms with Gasteiger partial charge in [0.2, 0.25) is 0 Å². The second-order valence-electron chi connectivity index (χ2n) is 7.11. The lowest BCUT2D eigenvalue weighted by Gasteiger charge is -2.26. The zero-order valence-corrected chi connectivity index (χ0v) is 14.4. The van der Waals surface area contributed by atoms with Crippen molar-refractivity contribution in [2.24, 2.45) is 0 Å². The fraction of sp³-hybridized carbons (Fsp3) is 0.524. The molecule has 0 unspecified atom stereocenters. The molecular formula is C21H27NO2. The Morgan fingerprint density at radius 3 is 2.50 bits per heavy atom. The van der Waals surface area contributed by atoms with E-state index in [-0.39, 0.29) is 0 Å². The van der Waals surface area contributed by atoms with Crippen molar-refractivity contribution < 1.29 is 9.47 Å². The third kappa shape index (κ3) is 3.90. The minimum atomic E-state index is 0.301. The normalized spacial score (nSPS) is 20.3. The molecule has 0 spiro atoms. The summed E-state index contributed by atoms with van der Waals surface area (Å²) in [6.45, 7) is 5.21. The van der Waals surface area contributed by atoms with E-state index in [1.165, 1.54) is 48.7 Å². The molecule has 2 aromatic carbocycles. The maximum atomic E-state index is 6.13. The molecule has 2 aromatic rings. The van der Waals surface area contributed by atoms with Crippen LogP contribution in [0.3, 0.4) is 0 Å². The molecule has 4 rings (SSSR count). The molecule has 2 aliphatic rings. The average Bonchev–Trinajstić information content (AvgIpc) is 2.64. The van der Waals surface area contributed by atoms with Gasteiger partial charge in [0, 0.05) is 19.4 Å². The molecule has 0 bridgehead atoms. The lowest BCUT2D eigenvalue weighted by molar-refractivity contribution is 0.0256. The second-order valence-corrected chi connectivity index (χ2v) is 7.11. The van der Waals surface area contributed by atoms with Crippen LogP contribution in [-0.4, -0.2) is 37.3 Å². The second kappa shape index (κ2) is 7.54. The Balaban J connectivity index is 1.45. The lowest BCUT2D eigenvalue weighted by Crippen LogP contribution is -2.29. The highest BCUT2D eigenvalue weighted by atomic mass is 16.5. The van der Waals surface area contributed by atoms with E-state index >= 15 is 0 Å². The van der Waals surface area contributed by atoms with Crippen molar-refractivity contribution >= 4 is 10.8 Å². The lowest BCUT2D eigenvalue weighted by atomic mass is 10.0.